The number of hydrogen-bond donors (Lipinski definition) is 0. The molecule has 4 nitrogen and oxygen atoms in total. The highest BCUT2D eigenvalue weighted by Gasteiger charge is 2.17. The third-order valence-electron chi connectivity index (χ3n) is 4.27. The van der Waals surface area contributed by atoms with Gasteiger partial charge < -0.3 is 9.47 Å². The van der Waals surface area contributed by atoms with Gasteiger partial charge in [0.25, 0.3) is 0 Å². The van der Waals surface area contributed by atoms with Gasteiger partial charge in [-0.3, -0.25) is 4.79 Å². The van der Waals surface area contributed by atoms with Crippen LogP contribution in [0.1, 0.15) is 34.1 Å². The monoisotopic (exact) mass is 408 g/mol. The van der Waals surface area contributed by atoms with E-state index in [0.29, 0.717) is 22.9 Å². The first kappa shape index (κ1) is 20.6. The van der Waals surface area contributed by atoms with E-state index in [4.69, 9.17) is 21.1 Å². The summed E-state index contributed by atoms with van der Waals surface area (Å²) in [6, 6.07) is 21.8. The van der Waals surface area contributed by atoms with E-state index in [1.165, 1.54) is 6.07 Å². The number of hydrogen-bond acceptors (Lipinski definition) is 4. The summed E-state index contributed by atoms with van der Waals surface area (Å²) >= 11 is 5.99. The zero-order valence-corrected chi connectivity index (χ0v) is 16.8. The first-order chi connectivity index (χ1) is 14.1. The molecule has 5 heteroatoms. The Morgan fingerprint density at radius 2 is 1.59 bits per heavy atom. The standard InChI is InChI=1S/C24H21ClO4/c1-2-14-28-23-13-12-20(25)15-21(23)24(27)29-16-22(26)19-10-8-18(9-11-19)17-6-4-3-5-7-17/h3-13,15H,2,14,16H2,1H3. The van der Waals surface area contributed by atoms with Gasteiger partial charge in [0.2, 0.25) is 0 Å². The molecule has 0 aliphatic rings. The summed E-state index contributed by atoms with van der Waals surface area (Å²) in [7, 11) is 0. The van der Waals surface area contributed by atoms with Crippen molar-refractivity contribution in [3.05, 3.63) is 88.9 Å². The molecule has 0 atom stereocenters. The predicted octanol–water partition coefficient (Wildman–Crippen LogP) is 5.84. The van der Waals surface area contributed by atoms with Crippen LogP contribution < -0.4 is 4.74 Å². The van der Waals surface area contributed by atoms with E-state index in [2.05, 4.69) is 0 Å². The lowest BCUT2D eigenvalue weighted by Crippen LogP contribution is -2.15. The Hall–Kier alpha value is -3.11. The molecule has 0 saturated heterocycles. The number of ether oxygens (including phenoxy) is 2. The lowest BCUT2D eigenvalue weighted by molar-refractivity contribution is 0.0470. The Morgan fingerprint density at radius 1 is 0.897 bits per heavy atom. The normalized spacial score (nSPS) is 10.4. The number of ketones is 1. The molecular weight excluding hydrogens is 388 g/mol. The van der Waals surface area contributed by atoms with Gasteiger partial charge in [-0.25, -0.2) is 4.79 Å². The van der Waals surface area contributed by atoms with E-state index in [0.717, 1.165) is 17.5 Å². The third kappa shape index (κ3) is 5.46. The molecule has 148 valence electrons. The van der Waals surface area contributed by atoms with E-state index >= 15 is 0 Å². The van der Waals surface area contributed by atoms with E-state index in [-0.39, 0.29) is 18.0 Å². The van der Waals surface area contributed by atoms with Crippen LogP contribution in [0.15, 0.2) is 72.8 Å². The highest BCUT2D eigenvalue weighted by Crippen LogP contribution is 2.24. The molecule has 0 heterocycles. The van der Waals surface area contributed by atoms with Crippen LogP contribution in [0.4, 0.5) is 0 Å². The molecule has 0 unspecified atom stereocenters. The Labute approximate surface area is 175 Å². The van der Waals surface area contributed by atoms with Crippen molar-refractivity contribution in [2.24, 2.45) is 0 Å². The Kier molecular flexibility index (Phi) is 7.04. The number of carbonyl (C=O) groups excluding carboxylic acids is 2. The quantitative estimate of drug-likeness (QED) is 0.347. The molecule has 29 heavy (non-hydrogen) atoms. The first-order valence-electron chi connectivity index (χ1n) is 9.36. The smallest absolute Gasteiger partial charge is 0.342 e. The molecule has 3 aromatic carbocycles. The lowest BCUT2D eigenvalue weighted by Gasteiger charge is -2.11. The van der Waals surface area contributed by atoms with Gasteiger partial charge in [-0.05, 0) is 35.7 Å². The van der Waals surface area contributed by atoms with Crippen LogP contribution >= 0.6 is 11.6 Å². The number of Topliss-reactive ketones (excluding diaryl/α,β-unsaturated/α-hetero) is 1. The summed E-state index contributed by atoms with van der Waals surface area (Å²) in [6.45, 7) is 2.08. The second-order valence-corrected chi connectivity index (χ2v) is 6.87. The molecule has 0 N–H and O–H groups in total. The van der Waals surface area contributed by atoms with Crippen LogP contribution in [-0.4, -0.2) is 25.0 Å². The molecule has 0 saturated carbocycles. The van der Waals surface area contributed by atoms with Crippen molar-refractivity contribution < 1.29 is 19.1 Å². The number of halogens is 1. The molecule has 3 aromatic rings. The molecule has 0 bridgehead atoms. The summed E-state index contributed by atoms with van der Waals surface area (Å²) in [5.41, 5.74) is 2.76. The number of esters is 1. The second kappa shape index (κ2) is 9.89. The van der Waals surface area contributed by atoms with Gasteiger partial charge in [-0.1, -0.05) is 73.1 Å². The van der Waals surface area contributed by atoms with E-state index < -0.39 is 5.97 Å². The largest absolute Gasteiger partial charge is 0.493 e. The van der Waals surface area contributed by atoms with Crippen LogP contribution in [-0.2, 0) is 4.74 Å². The van der Waals surface area contributed by atoms with Crippen molar-refractivity contribution in [3.63, 3.8) is 0 Å². The van der Waals surface area contributed by atoms with E-state index in [1.54, 1.807) is 24.3 Å². The fourth-order valence-corrected chi connectivity index (χ4v) is 2.94. The zero-order chi connectivity index (χ0) is 20.6. The van der Waals surface area contributed by atoms with Crippen molar-refractivity contribution in [1.82, 2.24) is 0 Å². The highest BCUT2D eigenvalue weighted by molar-refractivity contribution is 6.31. The zero-order valence-electron chi connectivity index (χ0n) is 16.1. The molecule has 0 fully saturated rings. The number of rotatable bonds is 8. The van der Waals surface area contributed by atoms with Crippen LogP contribution in [0.25, 0.3) is 11.1 Å². The summed E-state index contributed by atoms with van der Waals surface area (Å²) in [5, 5.41) is 0.392. The van der Waals surface area contributed by atoms with E-state index in [9.17, 15) is 9.59 Å². The summed E-state index contributed by atoms with van der Waals surface area (Å²) in [5.74, 6) is -0.537. The fraction of sp³-hybridized carbons (Fsp3) is 0.167. The van der Waals surface area contributed by atoms with Gasteiger partial charge in [0.1, 0.15) is 11.3 Å². The minimum Gasteiger partial charge on any atom is -0.493 e. The van der Waals surface area contributed by atoms with Gasteiger partial charge in [0.15, 0.2) is 12.4 Å². The van der Waals surface area contributed by atoms with Crippen LogP contribution in [0, 0.1) is 0 Å². The van der Waals surface area contributed by atoms with Crippen LogP contribution in [0.3, 0.4) is 0 Å². The third-order valence-corrected chi connectivity index (χ3v) is 4.51. The van der Waals surface area contributed by atoms with Crippen molar-refractivity contribution >= 4 is 23.4 Å². The Balaban J connectivity index is 1.65. The van der Waals surface area contributed by atoms with Crippen molar-refractivity contribution in [1.29, 1.82) is 0 Å². The SMILES string of the molecule is CCCOc1ccc(Cl)cc1C(=O)OCC(=O)c1ccc(-c2ccccc2)cc1. The predicted molar refractivity (Wildman–Crippen MR) is 114 cm³/mol. The van der Waals surface area contributed by atoms with Crippen molar-refractivity contribution in [3.8, 4) is 16.9 Å². The van der Waals surface area contributed by atoms with Crippen molar-refractivity contribution in [2.75, 3.05) is 13.2 Å². The Morgan fingerprint density at radius 3 is 2.28 bits per heavy atom. The van der Waals surface area contributed by atoms with Gasteiger partial charge in [-0.15, -0.1) is 0 Å². The number of carbonyl (C=O) groups is 2. The van der Waals surface area contributed by atoms with Crippen molar-refractivity contribution in [2.45, 2.75) is 13.3 Å². The topological polar surface area (TPSA) is 52.6 Å². The molecule has 3 rings (SSSR count). The minimum atomic E-state index is -0.646. The molecule has 0 radical (unpaired) electrons. The van der Waals surface area contributed by atoms with E-state index in [1.807, 2.05) is 49.4 Å². The van der Waals surface area contributed by atoms with Gasteiger partial charge in [0.05, 0.1) is 6.61 Å². The highest BCUT2D eigenvalue weighted by atomic mass is 35.5. The maximum Gasteiger partial charge on any atom is 0.342 e. The van der Waals surface area contributed by atoms with Gasteiger partial charge in [-0.2, -0.15) is 0 Å². The maximum absolute atomic E-state index is 12.4. The summed E-state index contributed by atoms with van der Waals surface area (Å²) < 4.78 is 10.8. The molecular formula is C24H21ClO4. The average molecular weight is 409 g/mol. The van der Waals surface area contributed by atoms with Crippen LogP contribution in [0.5, 0.6) is 5.75 Å². The van der Waals surface area contributed by atoms with Gasteiger partial charge in [0, 0.05) is 10.6 Å². The summed E-state index contributed by atoms with van der Waals surface area (Å²) in [6.07, 6.45) is 0.800. The average Bonchev–Trinajstić information content (AvgIpc) is 2.77. The molecule has 0 aromatic heterocycles. The minimum absolute atomic E-state index is 0.207. The number of benzene rings is 3. The second-order valence-electron chi connectivity index (χ2n) is 6.43. The van der Waals surface area contributed by atoms with Crippen LogP contribution in [0.2, 0.25) is 5.02 Å². The summed E-state index contributed by atoms with van der Waals surface area (Å²) in [4.78, 5) is 24.9. The fourth-order valence-electron chi connectivity index (χ4n) is 2.77. The Bertz CT molecular complexity index is 982. The molecule has 0 spiro atoms. The van der Waals surface area contributed by atoms with Gasteiger partial charge >= 0.3 is 5.97 Å². The molecule has 0 aliphatic heterocycles. The first-order valence-corrected chi connectivity index (χ1v) is 9.74. The maximum atomic E-state index is 12.4. The lowest BCUT2D eigenvalue weighted by atomic mass is 10.0. The molecule has 0 aliphatic carbocycles. The molecule has 0 amide bonds.